The lowest BCUT2D eigenvalue weighted by Crippen LogP contribution is -2.43. The molecule has 0 radical (unpaired) electrons. The van der Waals surface area contributed by atoms with Crippen LogP contribution in [-0.4, -0.2) is 41.3 Å². The summed E-state index contributed by atoms with van der Waals surface area (Å²) < 4.78 is 5.03. The zero-order valence-corrected chi connectivity index (χ0v) is 13.4. The topological polar surface area (TPSA) is 46.6 Å². The highest BCUT2D eigenvalue weighted by Crippen LogP contribution is 2.21. The Hall–Kier alpha value is -0.580. The van der Waals surface area contributed by atoms with E-state index in [9.17, 15) is 9.59 Å². The van der Waals surface area contributed by atoms with Crippen LogP contribution in [0.1, 0.15) is 46.0 Å². The quantitative estimate of drug-likeness (QED) is 0.554. The second-order valence-electron chi connectivity index (χ2n) is 4.96. The van der Waals surface area contributed by atoms with Crippen molar-refractivity contribution in [1.29, 1.82) is 0 Å². The second kappa shape index (κ2) is 8.56. The van der Waals surface area contributed by atoms with E-state index in [4.69, 9.17) is 4.74 Å². The van der Waals surface area contributed by atoms with E-state index in [1.807, 2.05) is 11.8 Å². The van der Waals surface area contributed by atoms with E-state index in [1.165, 1.54) is 0 Å². The van der Waals surface area contributed by atoms with Crippen LogP contribution in [0.5, 0.6) is 0 Å². The van der Waals surface area contributed by atoms with Crippen LogP contribution in [0.4, 0.5) is 0 Å². The minimum Gasteiger partial charge on any atom is -0.466 e. The van der Waals surface area contributed by atoms with Crippen molar-refractivity contribution < 1.29 is 14.3 Å². The van der Waals surface area contributed by atoms with Crippen molar-refractivity contribution in [2.75, 3.05) is 19.7 Å². The first-order chi connectivity index (χ1) is 9.10. The lowest BCUT2D eigenvalue weighted by Gasteiger charge is -2.32. The first kappa shape index (κ1) is 16.5. The summed E-state index contributed by atoms with van der Waals surface area (Å²) >= 11 is 3.47. The Balaban J connectivity index is 2.36. The van der Waals surface area contributed by atoms with E-state index in [1.54, 1.807) is 0 Å². The summed E-state index contributed by atoms with van der Waals surface area (Å²) in [7, 11) is 0. The molecule has 1 saturated heterocycles. The number of ether oxygens (including phenoxy) is 1. The summed E-state index contributed by atoms with van der Waals surface area (Å²) in [6.45, 7) is 5.69. The van der Waals surface area contributed by atoms with E-state index >= 15 is 0 Å². The molecule has 0 aliphatic carbocycles. The highest BCUT2D eigenvalue weighted by Gasteiger charge is 2.30. The highest BCUT2D eigenvalue weighted by atomic mass is 79.9. The highest BCUT2D eigenvalue weighted by molar-refractivity contribution is 9.10. The molecule has 1 unspecified atom stereocenters. The summed E-state index contributed by atoms with van der Waals surface area (Å²) in [4.78, 5) is 25.6. The average Bonchev–Trinajstić information content (AvgIpc) is 2.44. The number of hydrogen-bond acceptors (Lipinski definition) is 3. The lowest BCUT2D eigenvalue weighted by molar-refractivity contribution is -0.151. The summed E-state index contributed by atoms with van der Waals surface area (Å²) in [6.07, 6.45) is 4.48. The maximum atomic E-state index is 12.2. The van der Waals surface area contributed by atoms with Gasteiger partial charge in [-0.2, -0.15) is 0 Å². The third kappa shape index (κ3) is 5.13. The Kier molecular flexibility index (Phi) is 7.42. The molecule has 5 heteroatoms. The Bertz CT molecular complexity index is 301. The molecule has 1 heterocycles. The van der Waals surface area contributed by atoms with Crippen molar-refractivity contribution >= 4 is 27.8 Å². The predicted molar refractivity (Wildman–Crippen MR) is 78.2 cm³/mol. The fourth-order valence-corrected chi connectivity index (χ4v) is 2.91. The smallest absolute Gasteiger partial charge is 0.309 e. The van der Waals surface area contributed by atoms with Gasteiger partial charge in [0.05, 0.1) is 17.4 Å². The first-order valence-corrected chi connectivity index (χ1v) is 8.11. The van der Waals surface area contributed by atoms with Crippen LogP contribution in [0, 0.1) is 5.92 Å². The molecule has 1 rings (SSSR count). The van der Waals surface area contributed by atoms with Crippen molar-refractivity contribution in [3.63, 3.8) is 0 Å². The predicted octanol–water partition coefficient (Wildman–Crippen LogP) is 2.74. The van der Waals surface area contributed by atoms with Gasteiger partial charge < -0.3 is 9.64 Å². The van der Waals surface area contributed by atoms with Crippen LogP contribution in [-0.2, 0) is 14.3 Å². The molecule has 0 aromatic carbocycles. The molecule has 0 aromatic heterocycles. The van der Waals surface area contributed by atoms with E-state index < -0.39 is 0 Å². The van der Waals surface area contributed by atoms with Gasteiger partial charge in [0.1, 0.15) is 0 Å². The van der Waals surface area contributed by atoms with Gasteiger partial charge in [0, 0.05) is 13.1 Å². The molecule has 1 fully saturated rings. The molecule has 110 valence electrons. The SMILES string of the molecule is CCCCC(Br)C(=O)N1CCC(C(=O)OCC)CC1. The number of alkyl halides is 1. The second-order valence-corrected chi connectivity index (χ2v) is 6.07. The van der Waals surface area contributed by atoms with E-state index in [2.05, 4.69) is 22.9 Å². The van der Waals surface area contributed by atoms with Crippen LogP contribution in [0.2, 0.25) is 0 Å². The molecule has 1 aliphatic rings. The Morgan fingerprint density at radius 3 is 2.47 bits per heavy atom. The van der Waals surface area contributed by atoms with Gasteiger partial charge in [-0.1, -0.05) is 35.7 Å². The number of unbranched alkanes of at least 4 members (excludes halogenated alkanes) is 1. The maximum absolute atomic E-state index is 12.2. The Morgan fingerprint density at radius 2 is 1.95 bits per heavy atom. The minimum absolute atomic E-state index is 0.0339. The van der Waals surface area contributed by atoms with Gasteiger partial charge in [0.2, 0.25) is 5.91 Å². The number of amides is 1. The Labute approximate surface area is 124 Å². The van der Waals surface area contributed by atoms with Crippen molar-refractivity contribution in [3.05, 3.63) is 0 Å². The largest absolute Gasteiger partial charge is 0.466 e. The molecule has 0 bridgehead atoms. The fourth-order valence-electron chi connectivity index (χ4n) is 2.30. The summed E-state index contributed by atoms with van der Waals surface area (Å²) in [5, 5.41) is 0. The zero-order valence-electron chi connectivity index (χ0n) is 11.9. The van der Waals surface area contributed by atoms with Gasteiger partial charge in [-0.05, 0) is 26.2 Å². The molecule has 0 spiro atoms. The molecule has 1 aliphatic heterocycles. The number of carbonyl (C=O) groups excluding carboxylic acids is 2. The van der Waals surface area contributed by atoms with Gasteiger partial charge in [-0.3, -0.25) is 9.59 Å². The van der Waals surface area contributed by atoms with Gasteiger partial charge in [0.25, 0.3) is 0 Å². The third-order valence-electron chi connectivity index (χ3n) is 3.51. The van der Waals surface area contributed by atoms with Gasteiger partial charge in [-0.25, -0.2) is 0 Å². The maximum Gasteiger partial charge on any atom is 0.309 e. The van der Waals surface area contributed by atoms with Crippen molar-refractivity contribution in [2.45, 2.75) is 50.8 Å². The molecule has 0 aromatic rings. The van der Waals surface area contributed by atoms with Crippen molar-refractivity contribution in [3.8, 4) is 0 Å². The standard InChI is InChI=1S/C14H24BrNO3/c1-3-5-6-12(15)13(17)16-9-7-11(8-10-16)14(18)19-4-2/h11-12H,3-10H2,1-2H3. The molecule has 0 saturated carbocycles. The van der Waals surface area contributed by atoms with Crippen molar-refractivity contribution in [1.82, 2.24) is 4.90 Å². The van der Waals surface area contributed by atoms with Crippen LogP contribution < -0.4 is 0 Å². The number of halogens is 1. The third-order valence-corrected chi connectivity index (χ3v) is 4.36. The van der Waals surface area contributed by atoms with Crippen LogP contribution in [0.15, 0.2) is 0 Å². The van der Waals surface area contributed by atoms with Gasteiger partial charge in [0.15, 0.2) is 0 Å². The monoisotopic (exact) mass is 333 g/mol. The summed E-state index contributed by atoms with van der Waals surface area (Å²) in [6, 6.07) is 0. The minimum atomic E-state index is -0.115. The van der Waals surface area contributed by atoms with E-state index in [-0.39, 0.29) is 22.6 Å². The average molecular weight is 334 g/mol. The molecule has 4 nitrogen and oxygen atoms in total. The summed E-state index contributed by atoms with van der Waals surface area (Å²) in [5.74, 6) is 0.0140. The number of esters is 1. The number of hydrogen-bond donors (Lipinski definition) is 0. The number of nitrogens with zero attached hydrogens (tertiary/aromatic N) is 1. The molecular formula is C14H24BrNO3. The van der Waals surface area contributed by atoms with Crippen LogP contribution in [0.3, 0.4) is 0 Å². The van der Waals surface area contributed by atoms with E-state index in [0.29, 0.717) is 19.7 Å². The number of carbonyl (C=O) groups is 2. The fraction of sp³-hybridized carbons (Fsp3) is 0.857. The van der Waals surface area contributed by atoms with Gasteiger partial charge >= 0.3 is 5.97 Å². The molecule has 1 amide bonds. The normalized spacial score (nSPS) is 18.2. The number of likely N-dealkylation sites (tertiary alicyclic amines) is 1. The van der Waals surface area contributed by atoms with E-state index in [0.717, 1.165) is 32.1 Å². The molecular weight excluding hydrogens is 310 g/mol. The zero-order chi connectivity index (χ0) is 14.3. The molecule has 19 heavy (non-hydrogen) atoms. The molecule has 1 atom stereocenters. The number of rotatable bonds is 6. The summed E-state index contributed by atoms with van der Waals surface area (Å²) in [5.41, 5.74) is 0. The van der Waals surface area contributed by atoms with Crippen LogP contribution in [0.25, 0.3) is 0 Å². The lowest BCUT2D eigenvalue weighted by atomic mass is 9.96. The van der Waals surface area contributed by atoms with Crippen LogP contribution >= 0.6 is 15.9 Å². The molecule has 0 N–H and O–H groups in total. The first-order valence-electron chi connectivity index (χ1n) is 7.19. The van der Waals surface area contributed by atoms with Gasteiger partial charge in [-0.15, -0.1) is 0 Å². The van der Waals surface area contributed by atoms with Crippen molar-refractivity contribution in [2.24, 2.45) is 5.92 Å². The number of piperidine rings is 1. The Morgan fingerprint density at radius 1 is 1.32 bits per heavy atom.